The summed E-state index contributed by atoms with van der Waals surface area (Å²) in [6.07, 6.45) is 4.38. The average molecular weight is 539 g/mol. The second kappa shape index (κ2) is 14.6. The van der Waals surface area contributed by atoms with Gasteiger partial charge in [-0.3, -0.25) is 8.98 Å². The lowest BCUT2D eigenvalue weighted by Crippen LogP contribution is -2.24. The van der Waals surface area contributed by atoms with E-state index in [1.165, 1.54) is 6.92 Å². The SMILES string of the molecule is CCC[C@@H](CCOC(C)=O)Nc1nc(N)nc(C)c1Cc1ccc(OCCCOS(C)(=O)=O)cc1OC. The Balaban J connectivity index is 2.17. The molecule has 1 heterocycles. The molecule has 0 bridgehead atoms. The van der Waals surface area contributed by atoms with E-state index in [1.807, 2.05) is 19.1 Å². The molecule has 0 saturated heterocycles. The summed E-state index contributed by atoms with van der Waals surface area (Å²) < 4.78 is 43.3. The van der Waals surface area contributed by atoms with E-state index in [9.17, 15) is 13.2 Å². The van der Waals surface area contributed by atoms with Gasteiger partial charge in [0.15, 0.2) is 0 Å². The average Bonchev–Trinajstić information content (AvgIpc) is 2.80. The number of esters is 1. The zero-order chi connectivity index (χ0) is 27.4. The van der Waals surface area contributed by atoms with Crippen LogP contribution in [0.1, 0.15) is 56.4 Å². The van der Waals surface area contributed by atoms with Gasteiger partial charge in [-0.05, 0) is 25.0 Å². The molecule has 11 nitrogen and oxygen atoms in total. The lowest BCUT2D eigenvalue weighted by atomic mass is 10.0. The van der Waals surface area contributed by atoms with E-state index in [-0.39, 0.29) is 24.6 Å². The Morgan fingerprint density at radius 2 is 1.92 bits per heavy atom. The summed E-state index contributed by atoms with van der Waals surface area (Å²) in [4.78, 5) is 20.0. The fourth-order valence-electron chi connectivity index (χ4n) is 3.73. The molecule has 0 aliphatic carbocycles. The maximum absolute atomic E-state index is 11.2. The number of benzene rings is 1. The monoisotopic (exact) mass is 538 g/mol. The first-order valence-electron chi connectivity index (χ1n) is 12.2. The molecule has 0 radical (unpaired) electrons. The normalized spacial score (nSPS) is 12.1. The lowest BCUT2D eigenvalue weighted by Gasteiger charge is -2.22. The van der Waals surface area contributed by atoms with Gasteiger partial charge in [0.2, 0.25) is 5.95 Å². The van der Waals surface area contributed by atoms with Gasteiger partial charge in [-0.2, -0.15) is 13.4 Å². The Morgan fingerprint density at radius 1 is 1.16 bits per heavy atom. The number of hydrogen-bond donors (Lipinski definition) is 2. The summed E-state index contributed by atoms with van der Waals surface area (Å²) in [6.45, 7) is 6.04. The van der Waals surface area contributed by atoms with E-state index in [2.05, 4.69) is 22.2 Å². The maximum atomic E-state index is 11.2. The zero-order valence-corrected chi connectivity index (χ0v) is 23.0. The van der Waals surface area contributed by atoms with Crippen LogP contribution in [0.15, 0.2) is 18.2 Å². The molecule has 12 heteroatoms. The number of carbonyl (C=O) groups is 1. The Bertz CT molecular complexity index is 1140. The number of nitrogens with one attached hydrogen (secondary N) is 1. The smallest absolute Gasteiger partial charge is 0.302 e. The number of anilines is 2. The highest BCUT2D eigenvalue weighted by Crippen LogP contribution is 2.30. The van der Waals surface area contributed by atoms with Crippen LogP contribution < -0.4 is 20.5 Å². The molecule has 1 aromatic heterocycles. The number of nitrogens with two attached hydrogens (primary N) is 1. The quantitative estimate of drug-likeness (QED) is 0.184. The van der Waals surface area contributed by atoms with E-state index in [4.69, 9.17) is 24.1 Å². The minimum atomic E-state index is -3.46. The molecule has 0 amide bonds. The van der Waals surface area contributed by atoms with Crippen molar-refractivity contribution in [3.05, 3.63) is 35.0 Å². The molecule has 0 saturated carbocycles. The molecule has 2 aromatic rings. The molecule has 1 aromatic carbocycles. The van der Waals surface area contributed by atoms with Crippen LogP contribution in [-0.2, 0) is 30.3 Å². The van der Waals surface area contributed by atoms with Gasteiger partial charge >= 0.3 is 5.97 Å². The van der Waals surface area contributed by atoms with E-state index in [1.54, 1.807) is 13.2 Å². The maximum Gasteiger partial charge on any atom is 0.302 e. The Morgan fingerprint density at radius 3 is 2.57 bits per heavy atom. The minimum absolute atomic E-state index is 0.0427. The van der Waals surface area contributed by atoms with Crippen molar-refractivity contribution in [2.75, 3.05) is 44.2 Å². The number of nitrogen functional groups attached to an aromatic ring is 1. The number of rotatable bonds is 16. The summed E-state index contributed by atoms with van der Waals surface area (Å²) in [5.74, 6) is 1.73. The predicted molar refractivity (Wildman–Crippen MR) is 141 cm³/mol. The molecule has 0 aliphatic heterocycles. The van der Waals surface area contributed by atoms with Crippen LogP contribution in [0.25, 0.3) is 0 Å². The van der Waals surface area contributed by atoms with Crippen molar-refractivity contribution < 1.29 is 31.6 Å². The summed E-state index contributed by atoms with van der Waals surface area (Å²) in [5, 5.41) is 3.48. The molecular formula is C25H38N4O7S. The molecule has 37 heavy (non-hydrogen) atoms. The van der Waals surface area contributed by atoms with Crippen LogP contribution in [0.2, 0.25) is 0 Å². The first-order chi connectivity index (χ1) is 17.5. The molecule has 0 aliphatic rings. The number of methoxy groups -OCH3 is 1. The highest BCUT2D eigenvalue weighted by molar-refractivity contribution is 7.85. The van der Waals surface area contributed by atoms with Gasteiger partial charge in [0.25, 0.3) is 10.1 Å². The van der Waals surface area contributed by atoms with Crippen LogP contribution in [-0.4, -0.2) is 63.6 Å². The van der Waals surface area contributed by atoms with Crippen LogP contribution in [0.5, 0.6) is 11.5 Å². The molecule has 0 spiro atoms. The van der Waals surface area contributed by atoms with Crippen LogP contribution >= 0.6 is 0 Å². The van der Waals surface area contributed by atoms with Crippen molar-refractivity contribution in [1.29, 1.82) is 0 Å². The molecule has 206 valence electrons. The highest BCUT2D eigenvalue weighted by Gasteiger charge is 2.18. The van der Waals surface area contributed by atoms with Crippen molar-refractivity contribution in [3.63, 3.8) is 0 Å². The highest BCUT2D eigenvalue weighted by atomic mass is 32.2. The minimum Gasteiger partial charge on any atom is -0.496 e. The van der Waals surface area contributed by atoms with Crippen molar-refractivity contribution in [2.45, 2.75) is 58.9 Å². The van der Waals surface area contributed by atoms with E-state index in [0.717, 1.165) is 35.9 Å². The van der Waals surface area contributed by atoms with Crippen molar-refractivity contribution in [1.82, 2.24) is 9.97 Å². The standard InChI is InChI=1S/C25H38N4O7S/c1-6-8-20(11-14-34-18(3)30)28-24-22(17(2)27-25(26)29-24)15-19-9-10-21(16-23(19)33-4)35-12-7-13-36-37(5,31)32/h9-10,16,20H,6-8,11-15H2,1-5H3,(H3,26,27,28,29)/t20-/m0/s1. The number of carbonyl (C=O) groups excluding carboxylic acids is 1. The van der Waals surface area contributed by atoms with Gasteiger partial charge in [0, 0.05) is 49.6 Å². The molecule has 0 fully saturated rings. The van der Waals surface area contributed by atoms with Crippen LogP contribution in [0.3, 0.4) is 0 Å². The molecule has 0 unspecified atom stereocenters. The fourth-order valence-corrected chi connectivity index (χ4v) is 4.16. The van der Waals surface area contributed by atoms with Crippen LogP contribution in [0.4, 0.5) is 11.8 Å². The second-order valence-electron chi connectivity index (χ2n) is 8.63. The Hall–Kier alpha value is -3.12. The molecule has 2 rings (SSSR count). The first kappa shape index (κ1) is 30.1. The van der Waals surface area contributed by atoms with Crippen molar-refractivity contribution >= 4 is 27.9 Å². The summed E-state index contributed by atoms with van der Waals surface area (Å²) in [5.41, 5.74) is 8.50. The Labute approximate surface area is 219 Å². The summed E-state index contributed by atoms with van der Waals surface area (Å²) in [7, 11) is -1.88. The van der Waals surface area contributed by atoms with Crippen LogP contribution in [0, 0.1) is 6.92 Å². The van der Waals surface area contributed by atoms with E-state index in [0.29, 0.717) is 49.8 Å². The molecule has 1 atom stereocenters. The van der Waals surface area contributed by atoms with Gasteiger partial charge in [0.05, 0.1) is 33.2 Å². The van der Waals surface area contributed by atoms with Gasteiger partial charge in [-0.15, -0.1) is 0 Å². The predicted octanol–water partition coefficient (Wildman–Crippen LogP) is 3.25. The largest absolute Gasteiger partial charge is 0.496 e. The van der Waals surface area contributed by atoms with Gasteiger partial charge in [-0.1, -0.05) is 19.4 Å². The summed E-state index contributed by atoms with van der Waals surface area (Å²) in [6, 6.07) is 5.56. The zero-order valence-electron chi connectivity index (χ0n) is 22.2. The number of aryl methyl sites for hydroxylation is 1. The second-order valence-corrected chi connectivity index (χ2v) is 10.3. The van der Waals surface area contributed by atoms with Crippen molar-refractivity contribution in [3.8, 4) is 11.5 Å². The third-order valence-electron chi connectivity index (χ3n) is 5.46. The van der Waals surface area contributed by atoms with E-state index >= 15 is 0 Å². The van der Waals surface area contributed by atoms with Gasteiger partial charge < -0.3 is 25.3 Å². The molecular weight excluding hydrogens is 500 g/mol. The van der Waals surface area contributed by atoms with Crippen molar-refractivity contribution in [2.24, 2.45) is 0 Å². The number of ether oxygens (including phenoxy) is 3. The number of hydrogen-bond acceptors (Lipinski definition) is 11. The third-order valence-corrected chi connectivity index (χ3v) is 6.06. The van der Waals surface area contributed by atoms with Gasteiger partial charge in [-0.25, -0.2) is 4.98 Å². The molecule has 3 N–H and O–H groups in total. The topological polar surface area (TPSA) is 152 Å². The third kappa shape index (κ3) is 10.8. The lowest BCUT2D eigenvalue weighted by molar-refractivity contribution is -0.141. The summed E-state index contributed by atoms with van der Waals surface area (Å²) >= 11 is 0. The Kier molecular flexibility index (Phi) is 11.9. The van der Waals surface area contributed by atoms with E-state index < -0.39 is 10.1 Å². The fraction of sp³-hybridized carbons (Fsp3) is 0.560. The number of nitrogens with zero attached hydrogens (tertiary/aromatic N) is 2. The first-order valence-corrected chi connectivity index (χ1v) is 14.0. The number of aromatic nitrogens is 2. The van der Waals surface area contributed by atoms with Gasteiger partial charge in [0.1, 0.15) is 17.3 Å².